The first kappa shape index (κ1) is 17.4. The molecule has 1 N–H and O–H groups in total. The lowest BCUT2D eigenvalue weighted by molar-refractivity contribution is 0.309. The molecule has 1 saturated carbocycles. The highest BCUT2D eigenvalue weighted by atomic mass is 16.5. The van der Waals surface area contributed by atoms with Crippen LogP contribution in [0.4, 0.5) is 5.69 Å². The van der Waals surface area contributed by atoms with Gasteiger partial charge >= 0.3 is 0 Å². The Labute approximate surface area is 150 Å². The zero-order valence-electron chi connectivity index (χ0n) is 14.9. The van der Waals surface area contributed by atoms with E-state index < -0.39 is 0 Å². The molecule has 1 aliphatic rings. The first-order valence-corrected chi connectivity index (χ1v) is 9.17. The molecular formula is C22H26N2O. The molecule has 1 fully saturated rings. The largest absolute Gasteiger partial charge is 0.496 e. The van der Waals surface area contributed by atoms with E-state index in [1.165, 1.54) is 37.7 Å². The number of hydrogen-bond acceptors (Lipinski definition) is 3. The van der Waals surface area contributed by atoms with Gasteiger partial charge in [-0.25, -0.2) is 0 Å². The van der Waals surface area contributed by atoms with E-state index in [1.54, 1.807) is 7.11 Å². The highest BCUT2D eigenvalue weighted by Crippen LogP contribution is 2.40. The van der Waals surface area contributed by atoms with Gasteiger partial charge in [0, 0.05) is 12.2 Å². The molecule has 0 atom stereocenters. The lowest BCUT2D eigenvalue weighted by atomic mass is 9.77. The van der Waals surface area contributed by atoms with Gasteiger partial charge < -0.3 is 10.1 Å². The molecule has 0 unspecified atom stereocenters. The van der Waals surface area contributed by atoms with Crippen molar-refractivity contribution < 1.29 is 4.74 Å². The Hall–Kier alpha value is -2.47. The van der Waals surface area contributed by atoms with Gasteiger partial charge in [-0.1, -0.05) is 18.2 Å². The summed E-state index contributed by atoms with van der Waals surface area (Å²) in [4.78, 5) is 0. The quantitative estimate of drug-likeness (QED) is 0.775. The molecular weight excluding hydrogens is 308 g/mol. The Kier molecular flexibility index (Phi) is 5.95. The summed E-state index contributed by atoms with van der Waals surface area (Å²) >= 11 is 0. The number of nitriles is 1. The molecule has 3 heteroatoms. The second kappa shape index (κ2) is 8.58. The maximum Gasteiger partial charge on any atom is 0.122 e. The average molecular weight is 334 g/mol. The van der Waals surface area contributed by atoms with Crippen LogP contribution in [0.25, 0.3) is 0 Å². The molecule has 2 aromatic rings. The molecule has 25 heavy (non-hydrogen) atoms. The number of methoxy groups -OCH3 is 1. The highest BCUT2D eigenvalue weighted by molar-refractivity contribution is 5.47. The number of nitrogens with zero attached hydrogens (tertiary/aromatic N) is 1. The van der Waals surface area contributed by atoms with Crippen LogP contribution in [-0.4, -0.2) is 13.7 Å². The van der Waals surface area contributed by atoms with Crippen LogP contribution in [0.15, 0.2) is 48.5 Å². The Bertz CT molecular complexity index is 710. The predicted octanol–water partition coefficient (Wildman–Crippen LogP) is 5.34. The van der Waals surface area contributed by atoms with Crippen molar-refractivity contribution in [2.24, 2.45) is 5.92 Å². The van der Waals surface area contributed by atoms with Crippen molar-refractivity contribution in [2.75, 3.05) is 19.0 Å². The summed E-state index contributed by atoms with van der Waals surface area (Å²) in [6, 6.07) is 18.3. The smallest absolute Gasteiger partial charge is 0.122 e. The minimum atomic E-state index is 0.638. The van der Waals surface area contributed by atoms with Gasteiger partial charge in [-0.2, -0.15) is 5.26 Å². The number of rotatable bonds is 6. The number of anilines is 1. The van der Waals surface area contributed by atoms with Crippen molar-refractivity contribution in [3.8, 4) is 11.8 Å². The molecule has 2 aromatic carbocycles. The highest BCUT2D eigenvalue weighted by Gasteiger charge is 2.24. The van der Waals surface area contributed by atoms with Gasteiger partial charge in [0.1, 0.15) is 5.75 Å². The predicted molar refractivity (Wildman–Crippen MR) is 102 cm³/mol. The second-order valence-electron chi connectivity index (χ2n) is 6.86. The van der Waals surface area contributed by atoms with Crippen molar-refractivity contribution in [3.63, 3.8) is 0 Å². The van der Waals surface area contributed by atoms with E-state index in [-0.39, 0.29) is 0 Å². The minimum absolute atomic E-state index is 0.638. The molecule has 130 valence electrons. The third kappa shape index (κ3) is 4.54. The summed E-state index contributed by atoms with van der Waals surface area (Å²) in [5.74, 6) is 2.48. The molecule has 3 rings (SSSR count). The fourth-order valence-corrected chi connectivity index (χ4v) is 3.85. The maximum atomic E-state index is 8.83. The van der Waals surface area contributed by atoms with Crippen molar-refractivity contribution in [3.05, 3.63) is 59.7 Å². The summed E-state index contributed by atoms with van der Waals surface area (Å²) in [5, 5.41) is 12.3. The van der Waals surface area contributed by atoms with Crippen LogP contribution in [0.2, 0.25) is 0 Å². The van der Waals surface area contributed by atoms with Gasteiger partial charge in [-0.15, -0.1) is 0 Å². The van der Waals surface area contributed by atoms with Crippen LogP contribution in [0, 0.1) is 17.2 Å². The lowest BCUT2D eigenvalue weighted by Gasteiger charge is -2.29. The van der Waals surface area contributed by atoms with Crippen molar-refractivity contribution in [2.45, 2.75) is 38.0 Å². The molecule has 0 aromatic heterocycles. The molecule has 0 amide bonds. The van der Waals surface area contributed by atoms with Gasteiger partial charge in [0.05, 0.1) is 18.7 Å². The fraction of sp³-hybridized carbons (Fsp3) is 0.409. The van der Waals surface area contributed by atoms with Gasteiger partial charge in [-0.05, 0) is 79.8 Å². The zero-order chi connectivity index (χ0) is 17.5. The van der Waals surface area contributed by atoms with E-state index in [0.717, 1.165) is 23.9 Å². The van der Waals surface area contributed by atoms with Crippen LogP contribution in [0.1, 0.15) is 49.1 Å². The van der Waals surface area contributed by atoms with E-state index in [0.29, 0.717) is 11.5 Å². The number of para-hydroxylation sites is 1. The Morgan fingerprint density at radius 2 is 1.76 bits per heavy atom. The summed E-state index contributed by atoms with van der Waals surface area (Å²) in [5.41, 5.74) is 3.18. The monoisotopic (exact) mass is 334 g/mol. The number of hydrogen-bond donors (Lipinski definition) is 1. The van der Waals surface area contributed by atoms with Crippen LogP contribution < -0.4 is 10.1 Å². The van der Waals surface area contributed by atoms with Crippen molar-refractivity contribution in [1.82, 2.24) is 0 Å². The molecule has 0 saturated heterocycles. The molecule has 0 aliphatic heterocycles. The maximum absolute atomic E-state index is 8.83. The summed E-state index contributed by atoms with van der Waals surface area (Å²) in [6.45, 7) is 0.996. The first-order valence-electron chi connectivity index (χ1n) is 9.17. The number of benzene rings is 2. The van der Waals surface area contributed by atoms with E-state index in [1.807, 2.05) is 30.3 Å². The zero-order valence-corrected chi connectivity index (χ0v) is 14.9. The Morgan fingerprint density at radius 1 is 1.04 bits per heavy atom. The molecule has 1 aliphatic carbocycles. The van der Waals surface area contributed by atoms with Crippen molar-refractivity contribution in [1.29, 1.82) is 5.26 Å². The van der Waals surface area contributed by atoms with Crippen LogP contribution in [0.5, 0.6) is 5.75 Å². The van der Waals surface area contributed by atoms with Crippen LogP contribution >= 0.6 is 0 Å². The number of ether oxygens (including phenoxy) is 1. The third-order valence-electron chi connectivity index (χ3n) is 5.32. The SMILES string of the molecule is COc1ccccc1C1CCC(CCNc2ccc(C#N)cc2)CC1. The minimum Gasteiger partial charge on any atom is -0.496 e. The van der Waals surface area contributed by atoms with Gasteiger partial charge in [0.25, 0.3) is 0 Å². The fourth-order valence-electron chi connectivity index (χ4n) is 3.85. The molecule has 0 bridgehead atoms. The second-order valence-corrected chi connectivity index (χ2v) is 6.86. The molecule has 3 nitrogen and oxygen atoms in total. The Morgan fingerprint density at radius 3 is 2.44 bits per heavy atom. The average Bonchev–Trinajstić information content (AvgIpc) is 2.69. The molecule has 0 spiro atoms. The van der Waals surface area contributed by atoms with Gasteiger partial charge in [-0.3, -0.25) is 0 Å². The summed E-state index contributed by atoms with van der Waals surface area (Å²) in [7, 11) is 1.76. The number of nitrogens with one attached hydrogen (secondary N) is 1. The van der Waals surface area contributed by atoms with Gasteiger partial charge in [0.2, 0.25) is 0 Å². The lowest BCUT2D eigenvalue weighted by Crippen LogP contribution is -2.17. The van der Waals surface area contributed by atoms with Gasteiger partial charge in [0.15, 0.2) is 0 Å². The third-order valence-corrected chi connectivity index (χ3v) is 5.32. The molecule has 0 heterocycles. The summed E-state index contributed by atoms with van der Waals surface area (Å²) in [6.07, 6.45) is 6.29. The summed E-state index contributed by atoms with van der Waals surface area (Å²) < 4.78 is 5.53. The van der Waals surface area contributed by atoms with E-state index in [4.69, 9.17) is 10.00 Å². The first-order chi connectivity index (χ1) is 12.3. The standard InChI is InChI=1S/C22H26N2O/c1-25-22-5-3-2-4-21(22)19-10-6-17(7-11-19)14-15-24-20-12-8-18(16-23)9-13-20/h2-5,8-9,12-13,17,19,24H,6-7,10-11,14-15H2,1H3. The van der Waals surface area contributed by atoms with Crippen LogP contribution in [0.3, 0.4) is 0 Å². The topological polar surface area (TPSA) is 45.0 Å². The Balaban J connectivity index is 1.44. The normalized spacial score (nSPS) is 19.8. The van der Waals surface area contributed by atoms with E-state index in [9.17, 15) is 0 Å². The van der Waals surface area contributed by atoms with E-state index >= 15 is 0 Å². The van der Waals surface area contributed by atoms with E-state index in [2.05, 4.69) is 29.6 Å². The molecule has 0 radical (unpaired) electrons. The van der Waals surface area contributed by atoms with Crippen molar-refractivity contribution >= 4 is 5.69 Å². The van der Waals surface area contributed by atoms with Crippen LogP contribution in [-0.2, 0) is 0 Å².